The van der Waals surface area contributed by atoms with E-state index in [0.29, 0.717) is 37.0 Å². The zero-order valence-electron chi connectivity index (χ0n) is 15.4. The summed E-state index contributed by atoms with van der Waals surface area (Å²) in [7, 11) is -0.655. The van der Waals surface area contributed by atoms with Gasteiger partial charge in [0.1, 0.15) is 12.5 Å². The summed E-state index contributed by atoms with van der Waals surface area (Å²) in [4.78, 5) is 31.9. The molecule has 0 radical (unpaired) electrons. The van der Waals surface area contributed by atoms with Crippen LogP contribution in [0.5, 0.6) is 5.75 Å². The highest BCUT2D eigenvalue weighted by Gasteiger charge is 2.32. The number of anilines is 2. The fourth-order valence-corrected chi connectivity index (χ4v) is 3.39. The van der Waals surface area contributed by atoms with Gasteiger partial charge in [-0.2, -0.15) is 0 Å². The van der Waals surface area contributed by atoms with E-state index in [1.54, 1.807) is 17.0 Å². The molecular weight excluding hydrogens is 356 g/mol. The lowest BCUT2D eigenvalue weighted by molar-refractivity contribution is -0.122. The van der Waals surface area contributed by atoms with E-state index in [2.05, 4.69) is 23.8 Å². The highest BCUT2D eigenvalue weighted by Crippen LogP contribution is 2.35. The van der Waals surface area contributed by atoms with Gasteiger partial charge in [0.05, 0.1) is 6.61 Å². The first kappa shape index (κ1) is 18.9. The second-order valence-electron chi connectivity index (χ2n) is 7.40. The molecule has 26 heavy (non-hydrogen) atoms. The molecule has 0 aromatic carbocycles. The Morgan fingerprint density at radius 1 is 1.31 bits per heavy atom. The fraction of sp³-hybridized carbons (Fsp3) is 0.588. The predicted molar refractivity (Wildman–Crippen MR) is 103 cm³/mol. The largest absolute Gasteiger partial charge is 0.480 e. The summed E-state index contributed by atoms with van der Waals surface area (Å²) in [6.45, 7) is 1.08. The number of ether oxygens (including phenoxy) is 2. The third kappa shape index (κ3) is 4.28. The summed E-state index contributed by atoms with van der Waals surface area (Å²) in [5.41, 5.74) is 5.86. The van der Waals surface area contributed by atoms with Gasteiger partial charge in [0.15, 0.2) is 18.2 Å². The zero-order chi connectivity index (χ0) is 18.9. The molecule has 0 spiro atoms. The molecular formula is C17H26N4O4S. The Labute approximate surface area is 154 Å². The van der Waals surface area contributed by atoms with Gasteiger partial charge >= 0.3 is 0 Å². The Morgan fingerprint density at radius 2 is 2.08 bits per heavy atom. The van der Waals surface area contributed by atoms with Crippen LogP contribution in [-0.4, -0.2) is 73.8 Å². The second-order valence-corrected chi connectivity index (χ2v) is 12.0. The molecule has 8 nitrogen and oxygen atoms in total. The van der Waals surface area contributed by atoms with Gasteiger partial charge in [-0.1, -0.05) is 0 Å². The first-order valence-corrected chi connectivity index (χ1v) is 11.5. The molecule has 1 atom stereocenters. The number of rotatable bonds is 6. The number of aromatic nitrogens is 1. The number of carbonyl (C=O) groups excluding carboxylic acids is 2. The van der Waals surface area contributed by atoms with Crippen molar-refractivity contribution in [1.29, 1.82) is 0 Å². The topological polar surface area (TPSA) is 98.0 Å². The van der Waals surface area contributed by atoms with Crippen molar-refractivity contribution in [1.82, 2.24) is 4.98 Å². The summed E-state index contributed by atoms with van der Waals surface area (Å²) in [6, 6.07) is 3.25. The van der Waals surface area contributed by atoms with E-state index in [-0.39, 0.29) is 31.2 Å². The van der Waals surface area contributed by atoms with Crippen LogP contribution in [0, 0.1) is 0 Å². The highest BCUT2D eigenvalue weighted by molar-refractivity contribution is 8.32. The maximum atomic E-state index is 12.3. The monoisotopic (exact) mass is 382 g/mol. The minimum absolute atomic E-state index is 0.0462. The quantitative estimate of drug-likeness (QED) is 0.721. The van der Waals surface area contributed by atoms with Gasteiger partial charge in [-0.25, -0.2) is 15.0 Å². The van der Waals surface area contributed by atoms with E-state index in [1.807, 2.05) is 0 Å². The summed E-state index contributed by atoms with van der Waals surface area (Å²) >= 11 is 0. The number of hydrogen-bond donors (Lipinski definition) is 1. The van der Waals surface area contributed by atoms with Crippen LogP contribution in [0.25, 0.3) is 0 Å². The third-order valence-electron chi connectivity index (χ3n) is 4.22. The van der Waals surface area contributed by atoms with E-state index >= 15 is 0 Å². The van der Waals surface area contributed by atoms with E-state index in [0.717, 1.165) is 5.75 Å². The number of fused-ring (bicyclic) bond motifs is 1. The van der Waals surface area contributed by atoms with Crippen LogP contribution < -0.4 is 20.3 Å². The minimum Gasteiger partial charge on any atom is -0.480 e. The Balaban J connectivity index is 1.75. The lowest BCUT2D eigenvalue weighted by Gasteiger charge is -2.30. The SMILES string of the molecule is CS(C)(C)CCOCN1C(=O)COc2ccc(N3CC(N)CC3=O)nc21. The summed E-state index contributed by atoms with van der Waals surface area (Å²) < 4.78 is 11.2. The molecule has 2 aliphatic heterocycles. The van der Waals surface area contributed by atoms with Gasteiger partial charge in [-0.3, -0.25) is 19.4 Å². The van der Waals surface area contributed by atoms with Crippen molar-refractivity contribution < 1.29 is 19.1 Å². The van der Waals surface area contributed by atoms with Crippen molar-refractivity contribution in [2.45, 2.75) is 12.5 Å². The molecule has 0 saturated carbocycles. The van der Waals surface area contributed by atoms with E-state index < -0.39 is 10.0 Å². The molecule has 1 aromatic rings. The van der Waals surface area contributed by atoms with Crippen molar-refractivity contribution in [3.63, 3.8) is 0 Å². The van der Waals surface area contributed by atoms with Crippen LogP contribution in [-0.2, 0) is 14.3 Å². The molecule has 0 aliphatic carbocycles. The number of nitrogens with zero attached hydrogens (tertiary/aromatic N) is 3. The van der Waals surface area contributed by atoms with Crippen molar-refractivity contribution in [2.24, 2.45) is 5.73 Å². The number of pyridine rings is 1. The lowest BCUT2D eigenvalue weighted by atomic mass is 10.3. The molecule has 2 aliphatic rings. The second kappa shape index (κ2) is 7.42. The number of hydrogen-bond acceptors (Lipinski definition) is 6. The van der Waals surface area contributed by atoms with Crippen molar-refractivity contribution in [2.75, 3.05) is 60.8 Å². The van der Waals surface area contributed by atoms with Gasteiger partial charge in [-0.05, 0) is 30.9 Å². The summed E-state index contributed by atoms with van der Waals surface area (Å²) in [6.07, 6.45) is 6.96. The molecule has 2 N–H and O–H groups in total. The van der Waals surface area contributed by atoms with Gasteiger partial charge < -0.3 is 15.2 Å². The molecule has 3 heterocycles. The number of carbonyl (C=O) groups is 2. The van der Waals surface area contributed by atoms with Crippen LogP contribution in [0.2, 0.25) is 0 Å². The predicted octanol–water partition coefficient (Wildman–Crippen LogP) is 0.539. The maximum absolute atomic E-state index is 12.3. The lowest BCUT2D eigenvalue weighted by Crippen LogP contribution is -2.41. The fourth-order valence-electron chi connectivity index (χ4n) is 2.77. The van der Waals surface area contributed by atoms with Crippen molar-refractivity contribution >= 4 is 33.5 Å². The average Bonchev–Trinajstić information content (AvgIpc) is 2.90. The Bertz CT molecular complexity index is 706. The molecule has 1 aromatic heterocycles. The molecule has 144 valence electrons. The van der Waals surface area contributed by atoms with Gasteiger partial charge in [-0.15, -0.1) is 0 Å². The van der Waals surface area contributed by atoms with Gasteiger partial charge in [0.2, 0.25) is 5.91 Å². The zero-order valence-corrected chi connectivity index (χ0v) is 16.3. The number of nitrogens with two attached hydrogens (primary N) is 1. The summed E-state index contributed by atoms with van der Waals surface area (Å²) in [5.74, 6) is 2.05. The molecule has 1 fully saturated rings. The average molecular weight is 382 g/mol. The van der Waals surface area contributed by atoms with E-state index in [9.17, 15) is 9.59 Å². The highest BCUT2D eigenvalue weighted by atomic mass is 32.3. The molecule has 3 rings (SSSR count). The van der Waals surface area contributed by atoms with Crippen molar-refractivity contribution in [3.8, 4) is 5.75 Å². The first-order chi connectivity index (χ1) is 12.2. The van der Waals surface area contributed by atoms with Crippen LogP contribution in [0.4, 0.5) is 11.6 Å². The summed E-state index contributed by atoms with van der Waals surface area (Å²) in [5, 5.41) is 0. The molecule has 2 amide bonds. The molecule has 1 saturated heterocycles. The molecule has 1 unspecified atom stereocenters. The smallest absolute Gasteiger partial charge is 0.268 e. The van der Waals surface area contributed by atoms with Crippen LogP contribution in [0.1, 0.15) is 6.42 Å². The first-order valence-electron chi connectivity index (χ1n) is 8.48. The van der Waals surface area contributed by atoms with Gasteiger partial charge in [0, 0.05) is 24.8 Å². The van der Waals surface area contributed by atoms with Crippen LogP contribution >= 0.6 is 10.0 Å². The standard InChI is InChI=1S/C17H26N4O4S/c1-26(2,3)7-6-24-11-21-16(23)10-25-13-4-5-14(19-17(13)21)20-9-12(18)8-15(20)22/h4-5,12H,6-11,18H2,1-3H3. The van der Waals surface area contributed by atoms with E-state index in [1.165, 1.54) is 4.90 Å². The molecule has 0 bridgehead atoms. The van der Waals surface area contributed by atoms with Crippen LogP contribution in [0.3, 0.4) is 0 Å². The van der Waals surface area contributed by atoms with E-state index in [4.69, 9.17) is 15.2 Å². The third-order valence-corrected chi connectivity index (χ3v) is 5.62. The Kier molecular flexibility index (Phi) is 5.40. The number of amides is 2. The van der Waals surface area contributed by atoms with Crippen molar-refractivity contribution in [3.05, 3.63) is 12.1 Å². The molecule has 9 heteroatoms. The Hall–Kier alpha value is -1.84. The van der Waals surface area contributed by atoms with Crippen LogP contribution in [0.15, 0.2) is 12.1 Å². The normalized spacial score (nSPS) is 21.0. The Morgan fingerprint density at radius 3 is 2.73 bits per heavy atom. The minimum atomic E-state index is -0.655. The van der Waals surface area contributed by atoms with Gasteiger partial charge in [0.25, 0.3) is 5.91 Å². The maximum Gasteiger partial charge on any atom is 0.268 e.